The Kier molecular flexibility index (Phi) is 2.42. The van der Waals surface area contributed by atoms with Gasteiger partial charge in [0.05, 0.1) is 11.0 Å². The fourth-order valence-electron chi connectivity index (χ4n) is 3.02. The smallest absolute Gasteiger partial charge is 0.323 e. The lowest BCUT2D eigenvalue weighted by Gasteiger charge is -2.13. The van der Waals surface area contributed by atoms with Crippen LogP contribution in [-0.2, 0) is 12.8 Å². The molecule has 2 aromatic carbocycles. The first-order valence-electron chi connectivity index (χ1n) is 6.83. The van der Waals surface area contributed by atoms with Crippen LogP contribution in [0.4, 0.5) is 5.69 Å². The molecule has 0 saturated carbocycles. The second-order valence-corrected chi connectivity index (χ2v) is 5.36. The van der Waals surface area contributed by atoms with Crippen molar-refractivity contribution in [3.63, 3.8) is 0 Å². The van der Waals surface area contributed by atoms with Crippen molar-refractivity contribution < 1.29 is 0 Å². The lowest BCUT2D eigenvalue weighted by molar-refractivity contribution is 0.774. The van der Waals surface area contributed by atoms with Gasteiger partial charge in [0.25, 0.3) is 0 Å². The Bertz CT molecular complexity index is 806. The van der Waals surface area contributed by atoms with Crippen LogP contribution in [0.15, 0.2) is 47.3 Å². The minimum atomic E-state index is -0.162. The van der Waals surface area contributed by atoms with Crippen LogP contribution in [-0.4, -0.2) is 16.0 Å². The topological polar surface area (TPSA) is 60.7 Å². The summed E-state index contributed by atoms with van der Waals surface area (Å²) in [6, 6.07) is 14.9. The van der Waals surface area contributed by atoms with Crippen LogP contribution in [0.1, 0.15) is 11.1 Å². The average molecular weight is 265 g/mol. The van der Waals surface area contributed by atoms with Gasteiger partial charge in [-0.05, 0) is 42.2 Å². The first-order chi connectivity index (χ1) is 9.78. The fraction of sp³-hybridized carbons (Fsp3) is 0.188. The molecule has 0 fully saturated rings. The summed E-state index contributed by atoms with van der Waals surface area (Å²) in [5, 5.41) is 3.55. The monoisotopic (exact) mass is 265 g/mol. The maximum absolute atomic E-state index is 11.3. The number of H-pyrrole nitrogens is 2. The van der Waals surface area contributed by atoms with E-state index in [1.165, 1.54) is 11.1 Å². The number of anilines is 1. The highest BCUT2D eigenvalue weighted by Gasteiger charge is 2.20. The molecular formula is C16H15N3O. The second kappa shape index (κ2) is 4.27. The van der Waals surface area contributed by atoms with E-state index in [0.717, 1.165) is 29.6 Å². The number of aromatic amines is 2. The van der Waals surface area contributed by atoms with Crippen molar-refractivity contribution in [1.29, 1.82) is 0 Å². The Balaban J connectivity index is 1.58. The van der Waals surface area contributed by atoms with Gasteiger partial charge in [-0.2, -0.15) is 0 Å². The highest BCUT2D eigenvalue weighted by Crippen LogP contribution is 2.25. The van der Waals surface area contributed by atoms with E-state index < -0.39 is 0 Å². The van der Waals surface area contributed by atoms with Crippen LogP contribution in [0.25, 0.3) is 11.0 Å². The van der Waals surface area contributed by atoms with Crippen LogP contribution >= 0.6 is 0 Å². The van der Waals surface area contributed by atoms with Crippen molar-refractivity contribution in [2.75, 3.05) is 5.32 Å². The zero-order valence-electron chi connectivity index (χ0n) is 10.9. The summed E-state index contributed by atoms with van der Waals surface area (Å²) < 4.78 is 0. The molecule has 0 atom stereocenters. The molecule has 0 saturated heterocycles. The Morgan fingerprint density at radius 3 is 2.40 bits per heavy atom. The predicted molar refractivity (Wildman–Crippen MR) is 80.2 cm³/mol. The lowest BCUT2D eigenvalue weighted by Crippen LogP contribution is -2.19. The van der Waals surface area contributed by atoms with E-state index >= 15 is 0 Å². The first kappa shape index (κ1) is 11.3. The molecule has 1 aromatic heterocycles. The molecule has 1 heterocycles. The van der Waals surface area contributed by atoms with Gasteiger partial charge in [0.15, 0.2) is 0 Å². The molecule has 3 N–H and O–H groups in total. The van der Waals surface area contributed by atoms with E-state index in [9.17, 15) is 4.79 Å². The standard InChI is InChI=1S/C16H15N3O/c20-16-18-14-6-5-12(9-15(14)19-16)17-13-7-10-3-1-2-4-11(10)8-13/h1-6,9,13,17H,7-8H2,(H2,18,19,20). The molecule has 0 aliphatic heterocycles. The second-order valence-electron chi connectivity index (χ2n) is 5.36. The van der Waals surface area contributed by atoms with Crippen molar-refractivity contribution in [2.45, 2.75) is 18.9 Å². The average Bonchev–Trinajstić information content (AvgIpc) is 2.99. The molecule has 4 heteroatoms. The number of fused-ring (bicyclic) bond motifs is 2. The van der Waals surface area contributed by atoms with Crippen molar-refractivity contribution in [3.05, 3.63) is 64.1 Å². The van der Waals surface area contributed by atoms with E-state index in [1.807, 2.05) is 18.2 Å². The molecule has 0 radical (unpaired) electrons. The van der Waals surface area contributed by atoms with Crippen molar-refractivity contribution in [1.82, 2.24) is 9.97 Å². The Morgan fingerprint density at radius 1 is 0.950 bits per heavy atom. The lowest BCUT2D eigenvalue weighted by atomic mass is 10.1. The third kappa shape index (κ3) is 1.90. The zero-order chi connectivity index (χ0) is 13.5. The summed E-state index contributed by atoms with van der Waals surface area (Å²) in [7, 11) is 0. The molecule has 0 bridgehead atoms. The molecule has 1 aliphatic rings. The summed E-state index contributed by atoms with van der Waals surface area (Å²) >= 11 is 0. The van der Waals surface area contributed by atoms with Crippen LogP contribution < -0.4 is 11.0 Å². The van der Waals surface area contributed by atoms with Gasteiger partial charge in [-0.3, -0.25) is 0 Å². The molecule has 1 aliphatic carbocycles. The largest absolute Gasteiger partial charge is 0.382 e. The fourth-order valence-corrected chi connectivity index (χ4v) is 3.02. The van der Waals surface area contributed by atoms with Gasteiger partial charge in [0, 0.05) is 11.7 Å². The number of hydrogen-bond acceptors (Lipinski definition) is 2. The van der Waals surface area contributed by atoms with Crippen molar-refractivity contribution in [2.24, 2.45) is 0 Å². The molecular weight excluding hydrogens is 250 g/mol. The van der Waals surface area contributed by atoms with Gasteiger partial charge in [0.2, 0.25) is 0 Å². The van der Waals surface area contributed by atoms with Crippen molar-refractivity contribution in [3.8, 4) is 0 Å². The first-order valence-corrected chi connectivity index (χ1v) is 6.83. The third-order valence-electron chi connectivity index (χ3n) is 3.94. The summed E-state index contributed by atoms with van der Waals surface area (Å²) in [5.41, 5.74) is 5.43. The van der Waals surface area contributed by atoms with E-state index in [4.69, 9.17) is 0 Å². The summed E-state index contributed by atoms with van der Waals surface area (Å²) in [6.07, 6.45) is 2.11. The molecule has 0 spiro atoms. The van der Waals surface area contributed by atoms with Gasteiger partial charge in [-0.25, -0.2) is 4.79 Å². The van der Waals surface area contributed by atoms with Crippen LogP contribution in [0.5, 0.6) is 0 Å². The van der Waals surface area contributed by atoms with Crippen LogP contribution in [0, 0.1) is 0 Å². The van der Waals surface area contributed by atoms with Gasteiger partial charge < -0.3 is 15.3 Å². The summed E-state index contributed by atoms with van der Waals surface area (Å²) in [6.45, 7) is 0. The van der Waals surface area contributed by atoms with Gasteiger partial charge in [0.1, 0.15) is 0 Å². The normalized spacial score (nSPS) is 14.6. The van der Waals surface area contributed by atoms with Crippen molar-refractivity contribution >= 4 is 16.7 Å². The zero-order valence-corrected chi connectivity index (χ0v) is 10.9. The number of aromatic nitrogens is 2. The van der Waals surface area contributed by atoms with E-state index in [-0.39, 0.29) is 5.69 Å². The third-order valence-corrected chi connectivity index (χ3v) is 3.94. The number of imidazole rings is 1. The number of nitrogens with one attached hydrogen (secondary N) is 3. The minimum Gasteiger partial charge on any atom is -0.382 e. The number of hydrogen-bond donors (Lipinski definition) is 3. The van der Waals surface area contributed by atoms with E-state index in [0.29, 0.717) is 6.04 Å². The Morgan fingerprint density at radius 2 is 1.65 bits per heavy atom. The molecule has 0 amide bonds. The predicted octanol–water partition coefficient (Wildman–Crippen LogP) is 2.44. The SMILES string of the molecule is O=c1[nH]c2ccc(NC3Cc4ccccc4C3)cc2[nH]1. The van der Waals surface area contributed by atoms with E-state index in [2.05, 4.69) is 39.6 Å². The summed E-state index contributed by atoms with van der Waals surface area (Å²) in [5.74, 6) is 0. The highest BCUT2D eigenvalue weighted by atomic mass is 16.1. The molecule has 100 valence electrons. The molecule has 3 aromatic rings. The highest BCUT2D eigenvalue weighted by molar-refractivity contribution is 5.78. The number of benzene rings is 2. The molecule has 4 nitrogen and oxygen atoms in total. The quantitative estimate of drug-likeness (QED) is 0.666. The molecule has 20 heavy (non-hydrogen) atoms. The molecule has 4 rings (SSSR count). The summed E-state index contributed by atoms with van der Waals surface area (Å²) in [4.78, 5) is 16.8. The van der Waals surface area contributed by atoms with Gasteiger partial charge in [-0.15, -0.1) is 0 Å². The maximum atomic E-state index is 11.3. The number of rotatable bonds is 2. The van der Waals surface area contributed by atoms with E-state index in [1.54, 1.807) is 0 Å². The minimum absolute atomic E-state index is 0.162. The van der Waals surface area contributed by atoms with Gasteiger partial charge >= 0.3 is 5.69 Å². The Hall–Kier alpha value is -2.49. The van der Waals surface area contributed by atoms with Crippen LogP contribution in [0.3, 0.4) is 0 Å². The maximum Gasteiger partial charge on any atom is 0.323 e. The van der Waals surface area contributed by atoms with Gasteiger partial charge in [-0.1, -0.05) is 24.3 Å². The van der Waals surface area contributed by atoms with Crippen LogP contribution in [0.2, 0.25) is 0 Å². The Labute approximate surface area is 115 Å². The molecule has 0 unspecified atom stereocenters.